The van der Waals surface area contributed by atoms with E-state index in [0.29, 0.717) is 0 Å². The summed E-state index contributed by atoms with van der Waals surface area (Å²) in [5, 5.41) is 0. The van der Waals surface area contributed by atoms with Crippen molar-refractivity contribution in [3.8, 4) is 11.5 Å². The number of rotatable bonds is 4. The molecule has 0 aliphatic carbocycles. The molecule has 0 radical (unpaired) electrons. The Balaban J connectivity index is 2.38. The lowest BCUT2D eigenvalue weighted by molar-refractivity contribution is 0.390. The first-order chi connectivity index (χ1) is 8.65. The van der Waals surface area contributed by atoms with Gasteiger partial charge in [0.2, 0.25) is 0 Å². The molecule has 0 spiro atoms. The van der Waals surface area contributed by atoms with E-state index < -0.39 is 0 Å². The first kappa shape index (κ1) is 13.0. The Morgan fingerprint density at radius 1 is 1.11 bits per heavy atom. The normalized spacial score (nSPS) is 12.2. The van der Waals surface area contributed by atoms with Crippen LogP contribution in [0.2, 0.25) is 0 Å². The molecule has 0 aliphatic heterocycles. The smallest absolute Gasteiger partial charge is 0.127 e. The lowest BCUT2D eigenvalue weighted by atomic mass is 10.1. The molecule has 0 saturated heterocycles. The fourth-order valence-corrected chi connectivity index (χ4v) is 2.40. The zero-order valence-corrected chi connectivity index (χ0v) is 12.2. The van der Waals surface area contributed by atoms with Crippen LogP contribution < -0.4 is 9.47 Å². The Morgan fingerprint density at radius 3 is 2.44 bits per heavy atom. The van der Waals surface area contributed by atoms with E-state index in [1.807, 2.05) is 37.3 Å². The number of methoxy groups -OCH3 is 2. The molecular weight excluding hydrogens is 296 g/mol. The molecule has 1 atom stereocenters. The van der Waals surface area contributed by atoms with Crippen LogP contribution >= 0.6 is 15.9 Å². The summed E-state index contributed by atoms with van der Waals surface area (Å²) in [4.78, 5) is -0.0351. The van der Waals surface area contributed by atoms with Crippen LogP contribution in [-0.4, -0.2) is 14.2 Å². The van der Waals surface area contributed by atoms with Crippen molar-refractivity contribution in [3.05, 3.63) is 47.4 Å². The van der Waals surface area contributed by atoms with Crippen molar-refractivity contribution in [3.63, 3.8) is 0 Å². The number of hydrogen-bond acceptors (Lipinski definition) is 3. The number of ether oxygens (including phenoxy) is 2. The van der Waals surface area contributed by atoms with Gasteiger partial charge in [0.05, 0.1) is 14.2 Å². The van der Waals surface area contributed by atoms with Gasteiger partial charge in [-0.1, -0.05) is 22.0 Å². The average molecular weight is 311 g/mol. The lowest BCUT2D eigenvalue weighted by Crippen LogP contribution is -1.97. The lowest BCUT2D eigenvalue weighted by Gasteiger charge is -2.13. The number of aryl methyl sites for hydroxylation is 1. The van der Waals surface area contributed by atoms with Gasteiger partial charge in [-0.3, -0.25) is 0 Å². The van der Waals surface area contributed by atoms with Gasteiger partial charge in [0.1, 0.15) is 27.8 Å². The number of hydrogen-bond donors (Lipinski definition) is 0. The second-order valence-corrected chi connectivity index (χ2v) is 4.83. The maximum atomic E-state index is 5.62. The topological polar surface area (TPSA) is 31.6 Å². The molecule has 3 nitrogen and oxygen atoms in total. The Hall–Kier alpha value is -1.42. The van der Waals surface area contributed by atoms with Crippen LogP contribution in [-0.2, 0) is 0 Å². The third-order valence-electron chi connectivity index (χ3n) is 2.72. The van der Waals surface area contributed by atoms with Crippen LogP contribution in [0.4, 0.5) is 0 Å². The molecule has 2 aromatic rings. The largest absolute Gasteiger partial charge is 0.497 e. The number of furan rings is 1. The van der Waals surface area contributed by atoms with Crippen LogP contribution in [0.1, 0.15) is 21.9 Å². The Bertz CT molecular complexity index is 534. The predicted molar refractivity (Wildman–Crippen MR) is 73.8 cm³/mol. The van der Waals surface area contributed by atoms with E-state index in [1.54, 1.807) is 14.2 Å². The van der Waals surface area contributed by atoms with Gasteiger partial charge in [-0.05, 0) is 25.1 Å². The molecule has 0 amide bonds. The minimum atomic E-state index is -0.0351. The fourth-order valence-electron chi connectivity index (χ4n) is 1.77. The molecule has 0 fully saturated rings. The quantitative estimate of drug-likeness (QED) is 0.797. The molecule has 4 heteroatoms. The van der Waals surface area contributed by atoms with E-state index in [0.717, 1.165) is 28.6 Å². The molecule has 18 heavy (non-hydrogen) atoms. The Labute approximate surface area is 115 Å². The van der Waals surface area contributed by atoms with Gasteiger partial charge in [0.15, 0.2) is 0 Å². The summed E-state index contributed by atoms with van der Waals surface area (Å²) < 4.78 is 16.2. The third kappa shape index (κ3) is 2.53. The molecule has 1 aromatic carbocycles. The van der Waals surface area contributed by atoms with Crippen LogP contribution in [0.25, 0.3) is 0 Å². The van der Waals surface area contributed by atoms with Crippen molar-refractivity contribution in [2.24, 2.45) is 0 Å². The highest BCUT2D eigenvalue weighted by Gasteiger charge is 2.18. The minimum absolute atomic E-state index is 0.0351. The summed E-state index contributed by atoms with van der Waals surface area (Å²) in [6.07, 6.45) is 0. The van der Waals surface area contributed by atoms with E-state index in [1.165, 1.54) is 0 Å². The molecule has 0 saturated carbocycles. The van der Waals surface area contributed by atoms with Gasteiger partial charge in [0.25, 0.3) is 0 Å². The summed E-state index contributed by atoms with van der Waals surface area (Å²) in [6, 6.07) is 9.63. The first-order valence-corrected chi connectivity index (χ1v) is 6.49. The second kappa shape index (κ2) is 5.48. The van der Waals surface area contributed by atoms with E-state index in [-0.39, 0.29) is 4.83 Å². The van der Waals surface area contributed by atoms with Crippen molar-refractivity contribution in [1.82, 2.24) is 0 Å². The van der Waals surface area contributed by atoms with Crippen molar-refractivity contribution < 1.29 is 13.9 Å². The van der Waals surface area contributed by atoms with Crippen LogP contribution in [0.5, 0.6) is 11.5 Å². The molecule has 2 rings (SSSR count). The van der Waals surface area contributed by atoms with Gasteiger partial charge in [-0.25, -0.2) is 0 Å². The van der Waals surface area contributed by atoms with Gasteiger partial charge >= 0.3 is 0 Å². The third-order valence-corrected chi connectivity index (χ3v) is 3.67. The Kier molecular flexibility index (Phi) is 3.97. The van der Waals surface area contributed by atoms with Crippen molar-refractivity contribution in [2.75, 3.05) is 14.2 Å². The predicted octanol–water partition coefficient (Wildman–Crippen LogP) is 4.09. The van der Waals surface area contributed by atoms with Gasteiger partial charge < -0.3 is 13.9 Å². The van der Waals surface area contributed by atoms with E-state index >= 15 is 0 Å². The molecule has 0 bridgehead atoms. The highest BCUT2D eigenvalue weighted by molar-refractivity contribution is 9.09. The summed E-state index contributed by atoms with van der Waals surface area (Å²) in [5.74, 6) is 3.29. The number of benzene rings is 1. The summed E-state index contributed by atoms with van der Waals surface area (Å²) in [6.45, 7) is 1.93. The van der Waals surface area contributed by atoms with E-state index in [9.17, 15) is 0 Å². The first-order valence-electron chi connectivity index (χ1n) is 5.58. The maximum Gasteiger partial charge on any atom is 0.127 e. The zero-order valence-electron chi connectivity index (χ0n) is 10.6. The molecule has 1 unspecified atom stereocenters. The fraction of sp³-hybridized carbons (Fsp3) is 0.286. The molecule has 1 heterocycles. The molecule has 0 N–H and O–H groups in total. The van der Waals surface area contributed by atoms with Gasteiger partial charge in [0, 0.05) is 11.6 Å². The van der Waals surface area contributed by atoms with Gasteiger partial charge in [-0.2, -0.15) is 0 Å². The van der Waals surface area contributed by atoms with E-state index in [2.05, 4.69) is 15.9 Å². The molecule has 0 aliphatic rings. The molecule has 96 valence electrons. The standard InChI is InChI=1S/C14H15BrO3/c1-9-4-7-12(18-9)14(15)11-6-5-10(16-2)8-13(11)17-3/h4-8,14H,1-3H3. The van der Waals surface area contributed by atoms with E-state index in [4.69, 9.17) is 13.9 Å². The van der Waals surface area contributed by atoms with Crippen molar-refractivity contribution in [1.29, 1.82) is 0 Å². The SMILES string of the molecule is COc1ccc(C(Br)c2ccc(C)o2)c(OC)c1. The summed E-state index contributed by atoms with van der Waals surface area (Å²) in [7, 11) is 3.28. The number of alkyl halides is 1. The molecule has 1 aromatic heterocycles. The summed E-state index contributed by atoms with van der Waals surface area (Å²) >= 11 is 3.63. The zero-order chi connectivity index (χ0) is 13.1. The van der Waals surface area contributed by atoms with Crippen LogP contribution in [0.3, 0.4) is 0 Å². The summed E-state index contributed by atoms with van der Waals surface area (Å²) in [5.41, 5.74) is 1.01. The molecular formula is C14H15BrO3. The van der Waals surface area contributed by atoms with Crippen molar-refractivity contribution in [2.45, 2.75) is 11.8 Å². The monoisotopic (exact) mass is 310 g/mol. The highest BCUT2D eigenvalue weighted by Crippen LogP contribution is 2.38. The van der Waals surface area contributed by atoms with Crippen LogP contribution in [0, 0.1) is 6.92 Å². The second-order valence-electron chi connectivity index (χ2n) is 3.92. The van der Waals surface area contributed by atoms with Crippen LogP contribution in [0.15, 0.2) is 34.7 Å². The highest BCUT2D eigenvalue weighted by atomic mass is 79.9. The average Bonchev–Trinajstić information content (AvgIpc) is 2.83. The van der Waals surface area contributed by atoms with Crippen molar-refractivity contribution >= 4 is 15.9 Å². The van der Waals surface area contributed by atoms with Gasteiger partial charge in [-0.15, -0.1) is 0 Å². The number of halogens is 1. The minimum Gasteiger partial charge on any atom is -0.497 e. The maximum absolute atomic E-state index is 5.62. The Morgan fingerprint density at radius 2 is 1.89 bits per heavy atom.